The number of anilines is 1. The second kappa shape index (κ2) is 7.07. The number of ketones is 1. The Bertz CT molecular complexity index is 929. The van der Waals surface area contributed by atoms with Crippen LogP contribution >= 0.6 is 0 Å². The van der Waals surface area contributed by atoms with Gasteiger partial charge in [-0.15, -0.1) is 0 Å². The number of ether oxygens (including phenoxy) is 3. The van der Waals surface area contributed by atoms with Crippen LogP contribution in [0.4, 0.5) is 10.5 Å². The summed E-state index contributed by atoms with van der Waals surface area (Å²) in [5.41, 5.74) is 0.566. The van der Waals surface area contributed by atoms with Crippen LogP contribution in [0.5, 0.6) is 17.2 Å². The smallest absolute Gasteiger partial charge is 0.321 e. The molecule has 2 heterocycles. The van der Waals surface area contributed by atoms with Crippen LogP contribution in [0.1, 0.15) is 23.2 Å². The lowest BCUT2D eigenvalue weighted by atomic mass is 9.89. The molecule has 1 spiro atoms. The summed E-state index contributed by atoms with van der Waals surface area (Å²) in [6.07, 6.45) is 0.899. The molecule has 2 amide bonds. The Balaban J connectivity index is 1.46. The molecule has 1 atom stereocenters. The number of benzene rings is 2. The standard InChI is InChI=1S/C21H22N2O5/c1-26-18-8-7-14(11-19(18)27-2)22-20(25)23-10-9-21(13-23)12-16(24)15-5-3-4-6-17(15)28-21/h3-8,11H,9-10,12-13H2,1-2H3,(H,22,25). The number of carbonyl (C=O) groups excluding carboxylic acids is 2. The molecule has 2 aromatic carbocycles. The highest BCUT2D eigenvalue weighted by Crippen LogP contribution is 2.39. The molecule has 0 aliphatic carbocycles. The Morgan fingerprint density at radius 2 is 1.93 bits per heavy atom. The average Bonchev–Trinajstić information content (AvgIpc) is 3.11. The topological polar surface area (TPSA) is 77.1 Å². The van der Waals surface area contributed by atoms with E-state index in [0.717, 1.165) is 0 Å². The lowest BCUT2D eigenvalue weighted by Gasteiger charge is -2.34. The molecule has 1 fully saturated rings. The van der Waals surface area contributed by atoms with Crippen LogP contribution in [-0.2, 0) is 0 Å². The Labute approximate surface area is 163 Å². The predicted octanol–water partition coefficient (Wildman–Crippen LogP) is 3.35. The van der Waals surface area contributed by atoms with Crippen molar-refractivity contribution >= 4 is 17.5 Å². The van der Waals surface area contributed by atoms with Crippen molar-refractivity contribution in [2.24, 2.45) is 0 Å². The van der Waals surface area contributed by atoms with Gasteiger partial charge < -0.3 is 24.4 Å². The molecule has 0 bridgehead atoms. The Morgan fingerprint density at radius 1 is 1.14 bits per heavy atom. The van der Waals surface area contributed by atoms with Crippen molar-refractivity contribution < 1.29 is 23.8 Å². The number of hydrogen-bond donors (Lipinski definition) is 1. The number of fused-ring (bicyclic) bond motifs is 1. The molecule has 1 N–H and O–H groups in total. The van der Waals surface area contributed by atoms with E-state index in [0.29, 0.717) is 48.0 Å². The number of nitrogens with one attached hydrogen (secondary N) is 1. The monoisotopic (exact) mass is 382 g/mol. The van der Waals surface area contributed by atoms with Crippen molar-refractivity contribution in [1.82, 2.24) is 4.90 Å². The van der Waals surface area contributed by atoms with Crippen molar-refractivity contribution in [2.45, 2.75) is 18.4 Å². The summed E-state index contributed by atoms with van der Waals surface area (Å²) in [6, 6.07) is 12.2. The van der Waals surface area contributed by atoms with E-state index in [9.17, 15) is 9.59 Å². The van der Waals surface area contributed by atoms with Gasteiger partial charge in [0.2, 0.25) is 0 Å². The van der Waals surface area contributed by atoms with Crippen molar-refractivity contribution in [3.05, 3.63) is 48.0 Å². The summed E-state index contributed by atoms with van der Waals surface area (Å²) in [7, 11) is 3.10. The van der Waals surface area contributed by atoms with Gasteiger partial charge >= 0.3 is 6.03 Å². The summed E-state index contributed by atoms with van der Waals surface area (Å²) < 4.78 is 16.7. The van der Waals surface area contributed by atoms with E-state index >= 15 is 0 Å². The number of methoxy groups -OCH3 is 2. The quantitative estimate of drug-likeness (QED) is 0.881. The van der Waals surface area contributed by atoms with Gasteiger partial charge in [0.05, 0.1) is 32.7 Å². The average molecular weight is 382 g/mol. The number of para-hydroxylation sites is 1. The van der Waals surface area contributed by atoms with Gasteiger partial charge in [-0.2, -0.15) is 0 Å². The van der Waals surface area contributed by atoms with Gasteiger partial charge in [-0.05, 0) is 24.3 Å². The summed E-state index contributed by atoms with van der Waals surface area (Å²) in [4.78, 5) is 26.9. The van der Waals surface area contributed by atoms with E-state index in [1.807, 2.05) is 12.1 Å². The zero-order valence-corrected chi connectivity index (χ0v) is 15.9. The minimum Gasteiger partial charge on any atom is -0.493 e. The summed E-state index contributed by atoms with van der Waals surface area (Å²) in [5, 5.41) is 2.87. The molecule has 0 aromatic heterocycles. The highest BCUT2D eigenvalue weighted by molar-refractivity contribution is 6.00. The first-order chi connectivity index (χ1) is 13.5. The number of amides is 2. The molecule has 146 valence electrons. The van der Waals surface area contributed by atoms with E-state index in [2.05, 4.69) is 5.32 Å². The van der Waals surface area contributed by atoms with E-state index < -0.39 is 5.60 Å². The van der Waals surface area contributed by atoms with Crippen LogP contribution in [0, 0.1) is 0 Å². The number of likely N-dealkylation sites (tertiary alicyclic amines) is 1. The van der Waals surface area contributed by atoms with E-state index in [4.69, 9.17) is 14.2 Å². The zero-order valence-electron chi connectivity index (χ0n) is 15.9. The lowest BCUT2D eigenvalue weighted by molar-refractivity contribution is 0.0482. The first-order valence-corrected chi connectivity index (χ1v) is 9.13. The van der Waals surface area contributed by atoms with Crippen LogP contribution in [-0.4, -0.2) is 49.6 Å². The van der Waals surface area contributed by atoms with Gasteiger partial charge in [-0.25, -0.2) is 4.79 Å². The van der Waals surface area contributed by atoms with Crippen LogP contribution in [0.3, 0.4) is 0 Å². The van der Waals surface area contributed by atoms with Gasteiger partial charge in [-0.3, -0.25) is 4.79 Å². The van der Waals surface area contributed by atoms with Crippen molar-refractivity contribution in [3.63, 3.8) is 0 Å². The maximum absolute atomic E-state index is 12.7. The first kappa shape index (κ1) is 18.2. The van der Waals surface area contributed by atoms with Gasteiger partial charge in [0.15, 0.2) is 17.3 Å². The van der Waals surface area contributed by atoms with Crippen LogP contribution in [0.15, 0.2) is 42.5 Å². The van der Waals surface area contributed by atoms with E-state index in [1.165, 1.54) is 0 Å². The third-order valence-electron chi connectivity index (χ3n) is 5.24. The normalized spacial score (nSPS) is 20.5. The van der Waals surface area contributed by atoms with Crippen molar-refractivity contribution in [1.29, 1.82) is 0 Å². The van der Waals surface area contributed by atoms with Gasteiger partial charge in [0, 0.05) is 24.7 Å². The van der Waals surface area contributed by atoms with Crippen LogP contribution in [0.2, 0.25) is 0 Å². The maximum Gasteiger partial charge on any atom is 0.321 e. The molecule has 0 saturated carbocycles. The van der Waals surface area contributed by atoms with Gasteiger partial charge in [-0.1, -0.05) is 12.1 Å². The van der Waals surface area contributed by atoms with Crippen LogP contribution < -0.4 is 19.5 Å². The SMILES string of the molecule is COc1ccc(NC(=O)N2CCC3(CC(=O)c4ccccc4O3)C2)cc1OC. The van der Waals surface area contributed by atoms with Crippen molar-refractivity contribution in [2.75, 3.05) is 32.6 Å². The highest BCUT2D eigenvalue weighted by atomic mass is 16.5. The van der Waals surface area contributed by atoms with Crippen LogP contribution in [0.25, 0.3) is 0 Å². The fraction of sp³-hybridized carbons (Fsp3) is 0.333. The molecule has 7 heteroatoms. The fourth-order valence-corrected chi connectivity index (χ4v) is 3.81. The number of Topliss-reactive ketones (excluding diaryl/α,β-unsaturated/α-hetero) is 1. The lowest BCUT2D eigenvalue weighted by Crippen LogP contribution is -2.45. The second-order valence-electron chi connectivity index (χ2n) is 7.05. The van der Waals surface area contributed by atoms with E-state index in [-0.39, 0.29) is 18.2 Å². The predicted molar refractivity (Wildman–Crippen MR) is 104 cm³/mol. The van der Waals surface area contributed by atoms with Gasteiger partial charge in [0.1, 0.15) is 11.4 Å². The molecule has 2 aliphatic rings. The molecule has 2 aromatic rings. The first-order valence-electron chi connectivity index (χ1n) is 9.13. The molecular formula is C21H22N2O5. The number of urea groups is 1. The largest absolute Gasteiger partial charge is 0.493 e. The third kappa shape index (κ3) is 3.24. The molecule has 2 aliphatic heterocycles. The molecule has 4 rings (SSSR count). The minimum atomic E-state index is -0.652. The Morgan fingerprint density at radius 3 is 2.71 bits per heavy atom. The van der Waals surface area contributed by atoms with E-state index in [1.54, 1.807) is 49.5 Å². The summed E-state index contributed by atoms with van der Waals surface area (Å²) in [5.74, 6) is 1.79. The molecule has 7 nitrogen and oxygen atoms in total. The second-order valence-corrected chi connectivity index (χ2v) is 7.05. The Kier molecular flexibility index (Phi) is 4.58. The molecule has 28 heavy (non-hydrogen) atoms. The molecule has 1 unspecified atom stereocenters. The molecule has 1 saturated heterocycles. The zero-order chi connectivity index (χ0) is 19.7. The highest BCUT2D eigenvalue weighted by Gasteiger charge is 2.46. The molecular weight excluding hydrogens is 360 g/mol. The summed E-state index contributed by atoms with van der Waals surface area (Å²) >= 11 is 0. The maximum atomic E-state index is 12.7. The minimum absolute atomic E-state index is 0.0593. The Hall–Kier alpha value is -3.22. The number of carbonyl (C=O) groups is 2. The fourth-order valence-electron chi connectivity index (χ4n) is 3.81. The summed E-state index contributed by atoms with van der Waals surface area (Å²) in [6.45, 7) is 0.890. The van der Waals surface area contributed by atoms with Gasteiger partial charge in [0.25, 0.3) is 0 Å². The third-order valence-corrected chi connectivity index (χ3v) is 5.24. The number of nitrogens with zero attached hydrogens (tertiary/aromatic N) is 1. The van der Waals surface area contributed by atoms with Crippen molar-refractivity contribution in [3.8, 4) is 17.2 Å². The number of hydrogen-bond acceptors (Lipinski definition) is 5. The number of rotatable bonds is 3. The molecule has 0 radical (unpaired) electrons.